The van der Waals surface area contributed by atoms with E-state index >= 15 is 0 Å². The molecule has 0 unspecified atom stereocenters. The van der Waals surface area contributed by atoms with Gasteiger partial charge in [0.1, 0.15) is 5.69 Å². The van der Waals surface area contributed by atoms with Gasteiger partial charge in [-0.05, 0) is 47.8 Å². The van der Waals surface area contributed by atoms with Crippen LogP contribution < -0.4 is 15.5 Å². The van der Waals surface area contributed by atoms with Crippen LogP contribution in [0, 0.1) is 6.92 Å². The standard InChI is InChI=1S/C20H17N7O2S/c1-16-12-14-19(15-13-16)30(28,29)24-23-21-20-22-27(18-10-6-3-7-11-18)25-26(20)17-8-4-2-5-9-17/h2-15H,1H3/b21-20+,24-23+. The summed E-state index contributed by atoms with van der Waals surface area (Å²) in [4.78, 5) is 1.42. The van der Waals surface area contributed by atoms with Gasteiger partial charge in [0, 0.05) is 5.21 Å². The van der Waals surface area contributed by atoms with Gasteiger partial charge in [0.05, 0.1) is 4.90 Å². The molecule has 0 spiro atoms. The molecule has 0 radical (unpaired) electrons. The molecular weight excluding hydrogens is 402 g/mol. The van der Waals surface area contributed by atoms with Crippen LogP contribution in [0.4, 0.5) is 0 Å². The molecule has 0 fully saturated rings. The third-order valence-corrected chi connectivity index (χ3v) is 5.29. The molecule has 0 saturated heterocycles. The number of para-hydroxylation sites is 2. The number of rotatable bonds is 5. The van der Waals surface area contributed by atoms with E-state index in [0.29, 0.717) is 11.4 Å². The third-order valence-electron chi connectivity index (χ3n) is 4.13. The Kier molecular flexibility index (Phi) is 5.31. The number of hydrogen-bond acceptors (Lipinski definition) is 4. The van der Waals surface area contributed by atoms with Crippen molar-refractivity contribution in [3.63, 3.8) is 0 Å². The van der Waals surface area contributed by atoms with Gasteiger partial charge in [-0.25, -0.2) is 0 Å². The van der Waals surface area contributed by atoms with E-state index in [1.807, 2.05) is 67.6 Å². The number of benzene rings is 3. The molecule has 0 aliphatic rings. The van der Waals surface area contributed by atoms with Gasteiger partial charge in [0.15, 0.2) is 5.69 Å². The summed E-state index contributed by atoms with van der Waals surface area (Å²) in [7, 11) is -3.97. The van der Waals surface area contributed by atoms with Gasteiger partial charge in [0.2, 0.25) is 0 Å². The summed E-state index contributed by atoms with van der Waals surface area (Å²) >= 11 is 0. The first kappa shape index (κ1) is 19.4. The zero-order chi connectivity index (χ0) is 21.0. The predicted octanol–water partition coefficient (Wildman–Crippen LogP) is 2.07. The van der Waals surface area contributed by atoms with Crippen molar-refractivity contribution < 1.29 is 13.2 Å². The van der Waals surface area contributed by atoms with Crippen LogP contribution in [0.1, 0.15) is 5.56 Å². The van der Waals surface area contributed by atoms with E-state index in [1.54, 1.807) is 12.1 Å². The lowest BCUT2D eigenvalue weighted by atomic mass is 10.2. The Bertz CT molecular complexity index is 1340. The quantitative estimate of drug-likeness (QED) is 0.280. The second kappa shape index (κ2) is 8.21. The molecule has 30 heavy (non-hydrogen) atoms. The van der Waals surface area contributed by atoms with Gasteiger partial charge in [-0.15, -0.1) is 9.78 Å². The lowest BCUT2D eigenvalue weighted by Gasteiger charge is -1.97. The van der Waals surface area contributed by atoms with Crippen molar-refractivity contribution in [1.29, 1.82) is 0 Å². The fourth-order valence-electron chi connectivity index (χ4n) is 2.60. The van der Waals surface area contributed by atoms with Crippen molar-refractivity contribution in [2.24, 2.45) is 14.8 Å². The zero-order valence-electron chi connectivity index (χ0n) is 15.9. The highest BCUT2D eigenvalue weighted by Gasteiger charge is 2.13. The summed E-state index contributed by atoms with van der Waals surface area (Å²) < 4.78 is 29.6. The second-order valence-corrected chi connectivity index (χ2v) is 7.91. The second-order valence-electron chi connectivity index (χ2n) is 6.32. The predicted molar refractivity (Wildman–Crippen MR) is 107 cm³/mol. The number of nitrogens with zero attached hydrogens (tertiary/aromatic N) is 7. The highest BCUT2D eigenvalue weighted by atomic mass is 32.2. The van der Waals surface area contributed by atoms with Gasteiger partial charge < -0.3 is 0 Å². The molecule has 4 aromatic rings. The van der Waals surface area contributed by atoms with Crippen LogP contribution in [0.25, 0.3) is 11.4 Å². The lowest BCUT2D eigenvalue weighted by molar-refractivity contribution is -0.723. The number of hydrogen-bond donors (Lipinski definition) is 0. The van der Waals surface area contributed by atoms with Gasteiger partial charge in [-0.1, -0.05) is 64.1 Å². The third kappa shape index (κ3) is 4.23. The maximum Gasteiger partial charge on any atom is 0.300 e. The molecular formula is C20H17N7O2S. The summed E-state index contributed by atoms with van der Waals surface area (Å²) in [5, 5.41) is 16.2. The Balaban J connectivity index is 1.75. The van der Waals surface area contributed by atoms with Crippen LogP contribution in [-0.2, 0) is 10.0 Å². The van der Waals surface area contributed by atoms with Gasteiger partial charge in [-0.2, -0.15) is 13.5 Å². The fourth-order valence-corrected chi connectivity index (χ4v) is 3.31. The molecule has 150 valence electrons. The molecule has 0 atom stereocenters. The van der Waals surface area contributed by atoms with E-state index in [9.17, 15) is 8.42 Å². The van der Waals surface area contributed by atoms with Crippen LogP contribution in [0.3, 0.4) is 0 Å². The molecule has 0 amide bonds. The maximum atomic E-state index is 12.3. The number of aromatic nitrogens is 4. The number of aryl methyl sites for hydroxylation is 1. The van der Waals surface area contributed by atoms with Crippen LogP contribution in [-0.4, -0.2) is 18.3 Å². The molecule has 0 N–H and O–H groups in total. The zero-order valence-corrected chi connectivity index (χ0v) is 16.8. The van der Waals surface area contributed by atoms with E-state index in [2.05, 4.69) is 25.2 Å². The van der Waals surface area contributed by atoms with Gasteiger partial charge >= 0.3 is 0 Å². The van der Waals surface area contributed by atoms with E-state index in [0.717, 1.165) is 5.56 Å². The highest BCUT2D eigenvalue weighted by molar-refractivity contribution is 7.90. The van der Waals surface area contributed by atoms with Crippen molar-refractivity contribution in [3.05, 3.63) is 96.1 Å². The summed E-state index contributed by atoms with van der Waals surface area (Å²) in [5.41, 5.74) is 2.42. The Morgan fingerprint density at radius 1 is 0.900 bits per heavy atom. The topological polar surface area (TPSA) is 107 Å². The Morgan fingerprint density at radius 3 is 2.20 bits per heavy atom. The first-order chi connectivity index (χ1) is 14.5. The van der Waals surface area contributed by atoms with Crippen molar-refractivity contribution in [2.75, 3.05) is 0 Å². The normalized spacial score (nSPS) is 12.5. The minimum atomic E-state index is -3.97. The number of tetrazole rings is 1. The van der Waals surface area contributed by atoms with Crippen molar-refractivity contribution >= 4 is 10.0 Å². The van der Waals surface area contributed by atoms with Gasteiger partial charge in [-0.3, -0.25) is 0 Å². The monoisotopic (exact) mass is 419 g/mol. The molecule has 10 heteroatoms. The van der Waals surface area contributed by atoms with Crippen molar-refractivity contribution in [1.82, 2.24) is 15.0 Å². The van der Waals surface area contributed by atoms with Crippen LogP contribution >= 0.6 is 0 Å². The Morgan fingerprint density at radius 2 is 1.53 bits per heavy atom. The molecule has 1 heterocycles. The average molecular weight is 419 g/mol. The Labute approximate surface area is 172 Å². The summed E-state index contributed by atoms with van der Waals surface area (Å²) in [6, 6.07) is 24.8. The minimum Gasteiger partial charge on any atom is -0.198 e. The van der Waals surface area contributed by atoms with E-state index < -0.39 is 10.0 Å². The summed E-state index contributed by atoms with van der Waals surface area (Å²) in [5.74, 6) is 0. The molecule has 9 nitrogen and oxygen atoms in total. The minimum absolute atomic E-state index is 0.0379. The van der Waals surface area contributed by atoms with Crippen molar-refractivity contribution in [3.8, 4) is 11.4 Å². The molecule has 0 saturated carbocycles. The number of sulfonamides is 1. The highest BCUT2D eigenvalue weighted by Crippen LogP contribution is 2.13. The first-order valence-corrected chi connectivity index (χ1v) is 10.4. The molecule has 3 aromatic carbocycles. The van der Waals surface area contributed by atoms with E-state index in [-0.39, 0.29) is 10.5 Å². The van der Waals surface area contributed by atoms with Crippen LogP contribution in [0.15, 0.2) is 105 Å². The molecule has 4 rings (SSSR count). The average Bonchev–Trinajstić information content (AvgIpc) is 3.19. The summed E-state index contributed by atoms with van der Waals surface area (Å²) in [6.07, 6.45) is 0. The summed E-state index contributed by atoms with van der Waals surface area (Å²) in [6.45, 7) is 1.87. The molecule has 0 aliphatic heterocycles. The fraction of sp³-hybridized carbons (Fsp3) is 0.0500. The van der Waals surface area contributed by atoms with Crippen LogP contribution in [0.2, 0.25) is 0 Å². The molecule has 1 aromatic heterocycles. The Hall–Kier alpha value is -3.92. The van der Waals surface area contributed by atoms with Gasteiger partial charge in [0.25, 0.3) is 15.6 Å². The van der Waals surface area contributed by atoms with E-state index in [1.165, 1.54) is 21.6 Å². The molecule has 0 aliphatic carbocycles. The van der Waals surface area contributed by atoms with Crippen molar-refractivity contribution in [2.45, 2.75) is 11.8 Å². The SMILES string of the molecule is Cc1ccc(S(=O)(=O)/N=N/N=c2\[n-][n+](-c3ccccc3)nn2-c2ccccc2)cc1. The largest absolute Gasteiger partial charge is 0.300 e. The van der Waals surface area contributed by atoms with Crippen LogP contribution in [0.5, 0.6) is 0 Å². The smallest absolute Gasteiger partial charge is 0.198 e. The first-order valence-electron chi connectivity index (χ1n) is 8.98. The maximum absolute atomic E-state index is 12.3. The lowest BCUT2D eigenvalue weighted by Crippen LogP contribution is -2.40. The molecule has 0 bridgehead atoms. The van der Waals surface area contributed by atoms with E-state index in [4.69, 9.17) is 0 Å².